The summed E-state index contributed by atoms with van der Waals surface area (Å²) in [6, 6.07) is 11.0. The highest BCUT2D eigenvalue weighted by Crippen LogP contribution is 2.28. The summed E-state index contributed by atoms with van der Waals surface area (Å²) in [7, 11) is -1.30. The summed E-state index contributed by atoms with van der Waals surface area (Å²) in [4.78, 5) is 1.17. The second-order valence-corrected chi connectivity index (χ2v) is 10.6. The predicted molar refractivity (Wildman–Crippen MR) is 89.1 cm³/mol. The maximum absolute atomic E-state index is 4.63. The minimum absolute atomic E-state index is 1.17. The molecule has 0 heterocycles. The topological polar surface area (TPSA) is 0 Å². The van der Waals surface area contributed by atoms with E-state index in [0.717, 1.165) is 0 Å². The van der Waals surface area contributed by atoms with Crippen molar-refractivity contribution in [2.45, 2.75) is 70.0 Å². The number of benzene rings is 1. The maximum atomic E-state index is 4.63. The molecule has 0 spiro atoms. The van der Waals surface area contributed by atoms with E-state index in [4.69, 9.17) is 0 Å². The van der Waals surface area contributed by atoms with E-state index in [1.807, 2.05) is 0 Å². The Bertz CT molecular complexity index is 356. The molecule has 0 bridgehead atoms. The average Bonchev–Trinajstić information content (AvgIpc) is 2.33. The molecule has 0 aliphatic carbocycles. The van der Waals surface area contributed by atoms with E-state index in [1.54, 1.807) is 5.19 Å². The molecule has 0 unspecified atom stereocenters. The third kappa shape index (κ3) is 3.42. The Kier molecular flexibility index (Phi) is 6.51. The molecule has 0 aromatic heterocycles. The van der Waals surface area contributed by atoms with E-state index in [9.17, 15) is 0 Å². The minimum atomic E-state index is -1.30. The third-order valence-corrected chi connectivity index (χ3v) is 10.6. The second-order valence-electron chi connectivity index (χ2n) is 5.48. The van der Waals surface area contributed by atoms with Crippen molar-refractivity contribution in [1.82, 2.24) is 0 Å². The molecule has 18 heavy (non-hydrogen) atoms. The molecule has 1 aromatic carbocycles. The first kappa shape index (κ1) is 15.8. The van der Waals surface area contributed by atoms with Crippen LogP contribution in [0.15, 0.2) is 23.1 Å². The normalized spacial score (nSPS) is 11.8. The highest BCUT2D eigenvalue weighted by molar-refractivity contribution is 7.80. The first-order valence-corrected chi connectivity index (χ1v) is 10.5. The van der Waals surface area contributed by atoms with Gasteiger partial charge in [-0.15, -0.1) is 12.6 Å². The van der Waals surface area contributed by atoms with Gasteiger partial charge >= 0.3 is 0 Å². The monoisotopic (exact) mass is 280 g/mol. The van der Waals surface area contributed by atoms with E-state index in [0.29, 0.717) is 0 Å². The van der Waals surface area contributed by atoms with Crippen LogP contribution in [-0.4, -0.2) is 8.07 Å². The summed E-state index contributed by atoms with van der Waals surface area (Å²) in [6.45, 7) is 9.28. The van der Waals surface area contributed by atoms with Gasteiger partial charge in [-0.2, -0.15) is 0 Å². The quantitative estimate of drug-likeness (QED) is 0.517. The summed E-state index contributed by atoms with van der Waals surface area (Å²) in [5, 5.41) is 1.68. The average molecular weight is 281 g/mol. The lowest BCUT2D eigenvalue weighted by Crippen LogP contribution is -2.48. The summed E-state index contributed by atoms with van der Waals surface area (Å²) in [5.74, 6) is 0. The zero-order valence-corrected chi connectivity index (χ0v) is 14.3. The summed E-state index contributed by atoms with van der Waals surface area (Å²) in [5.41, 5.74) is 1.45. The van der Waals surface area contributed by atoms with Gasteiger partial charge in [-0.25, -0.2) is 0 Å². The highest BCUT2D eigenvalue weighted by Gasteiger charge is 2.33. The molecule has 102 valence electrons. The van der Waals surface area contributed by atoms with Crippen LogP contribution in [0.2, 0.25) is 18.1 Å². The zero-order valence-electron chi connectivity index (χ0n) is 12.4. The SMILES string of the molecule is CCC[Si](CCC)(CCC)c1cccc(S)c1C. The molecule has 0 saturated heterocycles. The molecule has 1 rings (SSSR count). The van der Waals surface area contributed by atoms with E-state index in [2.05, 4.69) is 58.5 Å². The number of hydrogen-bond donors (Lipinski definition) is 1. The van der Waals surface area contributed by atoms with Crippen LogP contribution in [0.5, 0.6) is 0 Å². The first-order chi connectivity index (χ1) is 8.61. The van der Waals surface area contributed by atoms with Crippen molar-refractivity contribution in [3.8, 4) is 0 Å². The smallest absolute Gasteiger partial charge is 0.0870 e. The number of rotatable bonds is 7. The Hall–Kier alpha value is -0.213. The molecule has 0 fully saturated rings. The molecule has 2 heteroatoms. The van der Waals surface area contributed by atoms with Crippen LogP contribution in [0.3, 0.4) is 0 Å². The molecular weight excluding hydrogens is 252 g/mol. The van der Waals surface area contributed by atoms with Crippen LogP contribution < -0.4 is 5.19 Å². The molecule has 0 radical (unpaired) electrons. The minimum Gasteiger partial charge on any atom is -0.143 e. The van der Waals surface area contributed by atoms with Gasteiger partial charge in [0.15, 0.2) is 0 Å². The predicted octanol–water partition coefficient (Wildman–Crippen LogP) is 5.17. The standard InChI is InChI=1S/C16H28SSi/c1-5-11-18(12-6-2,13-7-3)16-10-8-9-15(17)14(16)4/h8-10,17H,5-7,11-13H2,1-4H3. The van der Waals surface area contributed by atoms with Gasteiger partial charge in [0.2, 0.25) is 0 Å². The van der Waals surface area contributed by atoms with Crippen LogP contribution in [0, 0.1) is 6.92 Å². The van der Waals surface area contributed by atoms with E-state index < -0.39 is 8.07 Å². The van der Waals surface area contributed by atoms with E-state index in [-0.39, 0.29) is 0 Å². The molecule has 1 aromatic rings. The van der Waals surface area contributed by atoms with Gasteiger partial charge in [0.05, 0.1) is 8.07 Å². The Labute approximate surface area is 120 Å². The molecular formula is C16H28SSi. The van der Waals surface area contributed by atoms with Crippen molar-refractivity contribution in [3.05, 3.63) is 23.8 Å². The highest BCUT2D eigenvalue weighted by atomic mass is 32.1. The summed E-state index contributed by atoms with van der Waals surface area (Å²) < 4.78 is 0. The zero-order chi connectivity index (χ0) is 13.6. The van der Waals surface area contributed by atoms with Crippen LogP contribution in [0.25, 0.3) is 0 Å². The Morgan fingerprint density at radius 2 is 1.44 bits per heavy atom. The largest absolute Gasteiger partial charge is 0.143 e. The fourth-order valence-electron chi connectivity index (χ4n) is 3.41. The molecule has 0 saturated carbocycles. The molecule has 0 atom stereocenters. The lowest BCUT2D eigenvalue weighted by molar-refractivity contribution is 0.935. The van der Waals surface area contributed by atoms with Crippen molar-refractivity contribution in [1.29, 1.82) is 0 Å². The van der Waals surface area contributed by atoms with Crippen molar-refractivity contribution < 1.29 is 0 Å². The van der Waals surface area contributed by atoms with E-state index >= 15 is 0 Å². The van der Waals surface area contributed by atoms with Gasteiger partial charge in [-0.1, -0.05) is 75.5 Å². The van der Waals surface area contributed by atoms with Gasteiger partial charge < -0.3 is 0 Å². The van der Waals surface area contributed by atoms with Crippen LogP contribution in [-0.2, 0) is 0 Å². The molecule has 0 amide bonds. The Morgan fingerprint density at radius 3 is 1.89 bits per heavy atom. The number of hydrogen-bond acceptors (Lipinski definition) is 1. The fourth-order valence-corrected chi connectivity index (χ4v) is 9.53. The van der Waals surface area contributed by atoms with E-state index in [1.165, 1.54) is 47.9 Å². The molecule has 0 N–H and O–H groups in total. The number of thiol groups is 1. The van der Waals surface area contributed by atoms with Gasteiger partial charge in [-0.05, 0) is 18.6 Å². The van der Waals surface area contributed by atoms with Crippen molar-refractivity contribution >= 4 is 25.9 Å². The van der Waals surface area contributed by atoms with Crippen molar-refractivity contribution in [3.63, 3.8) is 0 Å². The van der Waals surface area contributed by atoms with Gasteiger partial charge in [-0.3, -0.25) is 0 Å². The maximum Gasteiger partial charge on any atom is 0.0870 e. The molecule has 0 nitrogen and oxygen atoms in total. The van der Waals surface area contributed by atoms with Gasteiger partial charge in [0.1, 0.15) is 0 Å². The molecule has 0 aliphatic heterocycles. The summed E-state index contributed by atoms with van der Waals surface area (Å²) in [6.07, 6.45) is 3.97. The lowest BCUT2D eigenvalue weighted by Gasteiger charge is -2.33. The fraction of sp³-hybridized carbons (Fsp3) is 0.625. The summed E-state index contributed by atoms with van der Waals surface area (Å²) >= 11 is 4.63. The first-order valence-electron chi connectivity index (χ1n) is 7.40. The lowest BCUT2D eigenvalue weighted by atomic mass is 10.2. The van der Waals surface area contributed by atoms with Gasteiger partial charge in [0.25, 0.3) is 0 Å². The van der Waals surface area contributed by atoms with Crippen molar-refractivity contribution in [2.24, 2.45) is 0 Å². The van der Waals surface area contributed by atoms with Gasteiger partial charge in [0, 0.05) is 4.90 Å². The Morgan fingerprint density at radius 1 is 0.944 bits per heavy atom. The van der Waals surface area contributed by atoms with Crippen LogP contribution in [0.4, 0.5) is 0 Å². The van der Waals surface area contributed by atoms with Crippen LogP contribution in [0.1, 0.15) is 45.6 Å². The van der Waals surface area contributed by atoms with Crippen molar-refractivity contribution in [2.75, 3.05) is 0 Å². The van der Waals surface area contributed by atoms with Crippen LogP contribution >= 0.6 is 12.6 Å². The second kappa shape index (κ2) is 7.39. The third-order valence-electron chi connectivity index (χ3n) is 4.06. The molecule has 0 aliphatic rings. The Balaban J connectivity index is 3.25.